The van der Waals surface area contributed by atoms with Crippen LogP contribution in [-0.2, 0) is 17.9 Å². The molecule has 0 saturated heterocycles. The van der Waals surface area contributed by atoms with Crippen LogP contribution in [0.1, 0.15) is 36.8 Å². The van der Waals surface area contributed by atoms with Gasteiger partial charge in [0.15, 0.2) is 0 Å². The number of hydrogen-bond donors (Lipinski definition) is 2. The molecular formula is C15H20N2O. The normalized spacial score (nSPS) is 9.78. The Morgan fingerprint density at radius 3 is 2.67 bits per heavy atom. The third-order valence-corrected chi connectivity index (χ3v) is 2.79. The number of rotatable bonds is 7. The molecule has 0 aromatic heterocycles. The quantitative estimate of drug-likeness (QED) is 0.569. The van der Waals surface area contributed by atoms with Crippen LogP contribution in [0.25, 0.3) is 0 Å². The highest BCUT2D eigenvalue weighted by atomic mass is 16.1. The van der Waals surface area contributed by atoms with Crippen molar-refractivity contribution in [3.63, 3.8) is 0 Å². The summed E-state index contributed by atoms with van der Waals surface area (Å²) >= 11 is 0. The Kier molecular flexibility index (Phi) is 6.60. The minimum absolute atomic E-state index is 0.0684. The van der Waals surface area contributed by atoms with E-state index in [9.17, 15) is 4.79 Å². The molecule has 0 atom stereocenters. The van der Waals surface area contributed by atoms with E-state index in [4.69, 9.17) is 12.2 Å². The molecular weight excluding hydrogens is 224 g/mol. The number of unbranched alkanes of at least 4 members (excludes halogenated alkanes) is 2. The van der Waals surface area contributed by atoms with E-state index >= 15 is 0 Å². The zero-order valence-electron chi connectivity index (χ0n) is 10.6. The minimum Gasteiger partial charge on any atom is -0.352 e. The van der Waals surface area contributed by atoms with Crippen molar-refractivity contribution in [3.8, 4) is 12.3 Å². The van der Waals surface area contributed by atoms with Gasteiger partial charge in [0.1, 0.15) is 0 Å². The highest BCUT2D eigenvalue weighted by Crippen LogP contribution is 2.07. The summed E-state index contributed by atoms with van der Waals surface area (Å²) in [6, 6.07) is 7.87. The third kappa shape index (κ3) is 5.03. The average Bonchev–Trinajstić information content (AvgIpc) is 2.41. The van der Waals surface area contributed by atoms with Gasteiger partial charge in [-0.2, -0.15) is 0 Å². The average molecular weight is 244 g/mol. The van der Waals surface area contributed by atoms with E-state index in [0.29, 0.717) is 19.5 Å². The number of hydrogen-bond acceptors (Lipinski definition) is 2. The summed E-state index contributed by atoms with van der Waals surface area (Å²) in [5, 5.41) is 2.90. The molecule has 96 valence electrons. The Hall–Kier alpha value is -1.79. The van der Waals surface area contributed by atoms with Crippen LogP contribution in [0.2, 0.25) is 0 Å². The molecule has 3 nitrogen and oxygen atoms in total. The van der Waals surface area contributed by atoms with Crippen molar-refractivity contribution in [3.05, 3.63) is 35.4 Å². The van der Waals surface area contributed by atoms with Gasteiger partial charge < -0.3 is 11.1 Å². The van der Waals surface area contributed by atoms with Crippen LogP contribution in [0.15, 0.2) is 24.3 Å². The predicted octanol–water partition coefficient (Wildman–Crippen LogP) is 1.96. The van der Waals surface area contributed by atoms with Crippen molar-refractivity contribution in [2.75, 3.05) is 0 Å². The second-order valence-electron chi connectivity index (χ2n) is 4.16. The number of terminal acetylenes is 1. The van der Waals surface area contributed by atoms with E-state index in [0.717, 1.165) is 30.4 Å². The van der Waals surface area contributed by atoms with E-state index in [2.05, 4.69) is 11.2 Å². The summed E-state index contributed by atoms with van der Waals surface area (Å²) in [6.07, 6.45) is 8.17. The Labute approximate surface area is 109 Å². The van der Waals surface area contributed by atoms with Gasteiger partial charge in [-0.1, -0.05) is 24.3 Å². The lowest BCUT2D eigenvalue weighted by molar-refractivity contribution is -0.121. The molecule has 0 spiro atoms. The molecule has 1 rings (SSSR count). The van der Waals surface area contributed by atoms with E-state index in [1.54, 1.807) is 0 Å². The van der Waals surface area contributed by atoms with Crippen LogP contribution in [0.4, 0.5) is 0 Å². The molecule has 0 bridgehead atoms. The molecule has 0 heterocycles. The fourth-order valence-corrected chi connectivity index (χ4v) is 1.72. The molecule has 0 fully saturated rings. The maximum atomic E-state index is 11.6. The topological polar surface area (TPSA) is 55.1 Å². The molecule has 18 heavy (non-hydrogen) atoms. The van der Waals surface area contributed by atoms with Gasteiger partial charge in [-0.05, 0) is 24.0 Å². The second-order valence-corrected chi connectivity index (χ2v) is 4.16. The Bertz CT molecular complexity index is 421. The number of amides is 1. The molecule has 0 saturated carbocycles. The van der Waals surface area contributed by atoms with Gasteiger partial charge in [-0.15, -0.1) is 12.3 Å². The third-order valence-electron chi connectivity index (χ3n) is 2.79. The summed E-state index contributed by atoms with van der Waals surface area (Å²) in [6.45, 7) is 1.04. The molecule has 0 aliphatic rings. The Morgan fingerprint density at radius 1 is 1.28 bits per heavy atom. The zero-order valence-corrected chi connectivity index (χ0v) is 10.6. The summed E-state index contributed by atoms with van der Waals surface area (Å²) in [4.78, 5) is 11.6. The number of carbonyl (C=O) groups is 1. The summed E-state index contributed by atoms with van der Waals surface area (Å²) < 4.78 is 0. The lowest BCUT2D eigenvalue weighted by Gasteiger charge is -2.09. The maximum absolute atomic E-state index is 11.6. The van der Waals surface area contributed by atoms with Gasteiger partial charge >= 0.3 is 0 Å². The molecule has 1 aromatic rings. The maximum Gasteiger partial charge on any atom is 0.220 e. The highest BCUT2D eigenvalue weighted by molar-refractivity contribution is 5.75. The van der Waals surface area contributed by atoms with Gasteiger partial charge in [0.25, 0.3) is 0 Å². The van der Waals surface area contributed by atoms with Gasteiger partial charge in [-0.3, -0.25) is 4.79 Å². The van der Waals surface area contributed by atoms with E-state index < -0.39 is 0 Å². The first-order chi connectivity index (χ1) is 8.77. The molecule has 1 aromatic carbocycles. The summed E-state index contributed by atoms with van der Waals surface area (Å²) in [5.41, 5.74) is 7.79. The SMILES string of the molecule is C#CCCCCC(=O)NCc1ccccc1CN. The number of nitrogens with two attached hydrogens (primary N) is 1. The predicted molar refractivity (Wildman–Crippen MR) is 73.5 cm³/mol. The van der Waals surface area contributed by atoms with Crippen molar-refractivity contribution in [2.45, 2.75) is 38.8 Å². The molecule has 0 unspecified atom stereocenters. The van der Waals surface area contributed by atoms with Crippen LogP contribution in [0.3, 0.4) is 0 Å². The van der Waals surface area contributed by atoms with Crippen LogP contribution >= 0.6 is 0 Å². The number of nitrogens with one attached hydrogen (secondary N) is 1. The first kappa shape index (κ1) is 14.3. The fraction of sp³-hybridized carbons (Fsp3) is 0.400. The van der Waals surface area contributed by atoms with Crippen LogP contribution in [0, 0.1) is 12.3 Å². The van der Waals surface area contributed by atoms with E-state index in [1.807, 2.05) is 24.3 Å². The number of benzene rings is 1. The lowest BCUT2D eigenvalue weighted by atomic mass is 10.1. The Morgan fingerprint density at radius 2 is 2.00 bits per heavy atom. The standard InChI is InChI=1S/C15H20N2O/c1-2-3-4-5-10-15(18)17-12-14-9-7-6-8-13(14)11-16/h1,6-9H,3-5,10-12,16H2,(H,17,18). The Balaban J connectivity index is 2.32. The van der Waals surface area contributed by atoms with Crippen molar-refractivity contribution in [1.82, 2.24) is 5.32 Å². The molecule has 0 aliphatic heterocycles. The fourth-order valence-electron chi connectivity index (χ4n) is 1.72. The summed E-state index contributed by atoms with van der Waals surface area (Å²) in [5.74, 6) is 2.64. The molecule has 3 N–H and O–H groups in total. The van der Waals surface area contributed by atoms with Crippen LogP contribution < -0.4 is 11.1 Å². The zero-order chi connectivity index (χ0) is 13.2. The first-order valence-corrected chi connectivity index (χ1v) is 6.25. The minimum atomic E-state index is 0.0684. The van der Waals surface area contributed by atoms with Gasteiger partial charge in [-0.25, -0.2) is 0 Å². The molecule has 0 radical (unpaired) electrons. The van der Waals surface area contributed by atoms with Crippen molar-refractivity contribution in [1.29, 1.82) is 0 Å². The van der Waals surface area contributed by atoms with Crippen molar-refractivity contribution in [2.24, 2.45) is 5.73 Å². The van der Waals surface area contributed by atoms with Crippen LogP contribution in [0.5, 0.6) is 0 Å². The van der Waals surface area contributed by atoms with Crippen molar-refractivity contribution >= 4 is 5.91 Å². The summed E-state index contributed by atoms with van der Waals surface area (Å²) in [7, 11) is 0. The smallest absolute Gasteiger partial charge is 0.220 e. The molecule has 0 aliphatic carbocycles. The largest absolute Gasteiger partial charge is 0.352 e. The first-order valence-electron chi connectivity index (χ1n) is 6.25. The van der Waals surface area contributed by atoms with Gasteiger partial charge in [0.2, 0.25) is 5.91 Å². The van der Waals surface area contributed by atoms with E-state index in [1.165, 1.54) is 0 Å². The molecule has 3 heteroatoms. The van der Waals surface area contributed by atoms with Gasteiger partial charge in [0, 0.05) is 25.9 Å². The number of carbonyl (C=O) groups excluding carboxylic acids is 1. The lowest BCUT2D eigenvalue weighted by Crippen LogP contribution is -2.23. The highest BCUT2D eigenvalue weighted by Gasteiger charge is 2.03. The van der Waals surface area contributed by atoms with Crippen molar-refractivity contribution < 1.29 is 4.79 Å². The van der Waals surface area contributed by atoms with Gasteiger partial charge in [0.05, 0.1) is 0 Å². The molecule has 1 amide bonds. The van der Waals surface area contributed by atoms with Crippen LogP contribution in [-0.4, -0.2) is 5.91 Å². The second kappa shape index (κ2) is 8.32. The monoisotopic (exact) mass is 244 g/mol. The van der Waals surface area contributed by atoms with E-state index in [-0.39, 0.29) is 5.91 Å².